The van der Waals surface area contributed by atoms with E-state index < -0.39 is 9.76 Å². The Kier molecular flexibility index (Phi) is 11.4. The fraction of sp³-hybridized carbons (Fsp3) is 0.769. The molecule has 100 valence electrons. The summed E-state index contributed by atoms with van der Waals surface area (Å²) in [4.78, 5) is 10.9. The van der Waals surface area contributed by atoms with Crippen molar-refractivity contribution < 1.29 is 14.0 Å². The van der Waals surface area contributed by atoms with Crippen LogP contribution in [0.5, 0.6) is 0 Å². The van der Waals surface area contributed by atoms with Gasteiger partial charge in [0.2, 0.25) is 0 Å². The summed E-state index contributed by atoms with van der Waals surface area (Å²) in [6, 6.07) is 0. The lowest BCUT2D eigenvalue weighted by atomic mass is 10.1. The summed E-state index contributed by atoms with van der Waals surface area (Å²) in [7, 11) is 1.31. The second-order valence-corrected chi connectivity index (χ2v) is 6.40. The van der Waals surface area contributed by atoms with Crippen molar-refractivity contribution in [2.45, 2.75) is 51.0 Å². The van der Waals surface area contributed by atoms with E-state index in [0.29, 0.717) is 12.1 Å². The van der Waals surface area contributed by atoms with Crippen LogP contribution in [-0.2, 0) is 14.0 Å². The smallest absolute Gasteiger partial charge is 0.330 e. The van der Waals surface area contributed by atoms with Crippen molar-refractivity contribution >= 4 is 15.7 Å². The lowest BCUT2D eigenvalue weighted by Crippen LogP contribution is -2.11. The molecule has 17 heavy (non-hydrogen) atoms. The predicted molar refractivity (Wildman–Crippen MR) is 73.8 cm³/mol. The summed E-state index contributed by atoms with van der Waals surface area (Å²) in [6.45, 7) is 6.09. The number of rotatable bonds is 11. The molecule has 0 fully saturated rings. The number of esters is 1. The maximum absolute atomic E-state index is 10.9. The van der Waals surface area contributed by atoms with Crippen molar-refractivity contribution in [1.29, 1.82) is 0 Å². The van der Waals surface area contributed by atoms with E-state index in [-0.39, 0.29) is 5.97 Å². The molecule has 0 bridgehead atoms. The third-order valence-electron chi connectivity index (χ3n) is 2.81. The molecule has 0 saturated carbocycles. The molecule has 1 unspecified atom stereocenters. The molecular formula is C13H26O3Si. The molecule has 0 rings (SSSR count). The van der Waals surface area contributed by atoms with E-state index in [1.54, 1.807) is 7.11 Å². The molecule has 0 spiro atoms. The van der Waals surface area contributed by atoms with Crippen molar-refractivity contribution in [3.63, 3.8) is 0 Å². The zero-order valence-corrected chi connectivity index (χ0v) is 12.7. The molecule has 0 aromatic heterocycles. The molecule has 0 aromatic carbocycles. The summed E-state index contributed by atoms with van der Waals surface area (Å²) in [5.74, 6) is -0.325. The summed E-state index contributed by atoms with van der Waals surface area (Å²) >= 11 is 0. The van der Waals surface area contributed by atoms with Crippen LogP contribution in [0.2, 0.25) is 5.54 Å². The van der Waals surface area contributed by atoms with Crippen LogP contribution < -0.4 is 0 Å². The van der Waals surface area contributed by atoms with Crippen molar-refractivity contribution in [2.75, 3.05) is 13.7 Å². The van der Waals surface area contributed by atoms with Gasteiger partial charge in [-0.05, 0) is 12.0 Å². The average molecular weight is 258 g/mol. The number of hydrogen-bond donors (Lipinski definition) is 0. The standard InChI is InChI=1S/C13H26O3Si/c1-4-6-7-8-9-12(17-15-3)10-11-16-13(14)5-2/h5,12H,2,4,6-11,17H2,1,3H3. The Hall–Kier alpha value is -0.613. The molecule has 0 aliphatic carbocycles. The van der Waals surface area contributed by atoms with Gasteiger partial charge in [-0.25, -0.2) is 4.79 Å². The van der Waals surface area contributed by atoms with Crippen LogP contribution in [0, 0.1) is 0 Å². The van der Waals surface area contributed by atoms with Gasteiger partial charge in [0.1, 0.15) is 0 Å². The van der Waals surface area contributed by atoms with Gasteiger partial charge in [-0.3, -0.25) is 0 Å². The molecule has 0 aromatic rings. The first-order valence-electron chi connectivity index (χ1n) is 6.52. The van der Waals surface area contributed by atoms with Gasteiger partial charge >= 0.3 is 5.97 Å². The van der Waals surface area contributed by atoms with E-state index in [2.05, 4.69) is 13.5 Å². The highest BCUT2D eigenvalue weighted by molar-refractivity contribution is 6.29. The third kappa shape index (κ3) is 10.3. The second-order valence-electron chi connectivity index (χ2n) is 4.33. The molecular weight excluding hydrogens is 232 g/mol. The van der Waals surface area contributed by atoms with Gasteiger partial charge in [-0.15, -0.1) is 0 Å². The van der Waals surface area contributed by atoms with Crippen molar-refractivity contribution in [3.8, 4) is 0 Å². The Morgan fingerprint density at radius 2 is 2.12 bits per heavy atom. The van der Waals surface area contributed by atoms with Gasteiger partial charge in [0.25, 0.3) is 0 Å². The zero-order valence-electron chi connectivity index (χ0n) is 11.2. The number of ether oxygens (including phenoxy) is 1. The van der Waals surface area contributed by atoms with Crippen LogP contribution in [-0.4, -0.2) is 29.4 Å². The van der Waals surface area contributed by atoms with Crippen LogP contribution in [0.1, 0.15) is 45.4 Å². The quantitative estimate of drug-likeness (QED) is 0.247. The van der Waals surface area contributed by atoms with Crippen LogP contribution >= 0.6 is 0 Å². The summed E-state index contributed by atoms with van der Waals surface area (Å²) in [5.41, 5.74) is 0.634. The number of hydrogen-bond acceptors (Lipinski definition) is 3. The summed E-state index contributed by atoms with van der Waals surface area (Å²) < 4.78 is 10.3. The Bertz CT molecular complexity index is 207. The minimum Gasteiger partial charge on any atom is -0.463 e. The summed E-state index contributed by atoms with van der Waals surface area (Å²) in [6.07, 6.45) is 8.51. The third-order valence-corrected chi connectivity index (χ3v) is 4.43. The van der Waals surface area contributed by atoms with Gasteiger partial charge in [-0.1, -0.05) is 45.6 Å². The van der Waals surface area contributed by atoms with Gasteiger partial charge in [-0.2, -0.15) is 0 Å². The van der Waals surface area contributed by atoms with Gasteiger partial charge < -0.3 is 9.16 Å². The van der Waals surface area contributed by atoms with Crippen molar-refractivity contribution in [1.82, 2.24) is 0 Å². The lowest BCUT2D eigenvalue weighted by Gasteiger charge is -2.14. The van der Waals surface area contributed by atoms with Crippen LogP contribution in [0.25, 0.3) is 0 Å². The van der Waals surface area contributed by atoms with Crippen LogP contribution in [0.3, 0.4) is 0 Å². The van der Waals surface area contributed by atoms with E-state index in [0.717, 1.165) is 6.42 Å². The predicted octanol–water partition coefficient (Wildman–Crippen LogP) is 2.59. The minimum absolute atomic E-state index is 0.325. The largest absolute Gasteiger partial charge is 0.463 e. The molecule has 0 heterocycles. The highest BCUT2D eigenvalue weighted by atomic mass is 28.2. The van der Waals surface area contributed by atoms with Gasteiger partial charge in [0.15, 0.2) is 9.76 Å². The number of unbranched alkanes of at least 4 members (excludes halogenated alkanes) is 3. The summed E-state index contributed by atoms with van der Waals surface area (Å²) in [5, 5.41) is 0. The lowest BCUT2D eigenvalue weighted by molar-refractivity contribution is -0.137. The first kappa shape index (κ1) is 16.4. The average Bonchev–Trinajstić information content (AvgIpc) is 2.34. The minimum atomic E-state index is -0.467. The SMILES string of the molecule is C=CC(=O)OCCC(CCCCCC)[SiH2]OC. The van der Waals surface area contributed by atoms with E-state index in [1.807, 2.05) is 0 Å². The number of carbonyl (C=O) groups is 1. The normalized spacial score (nSPS) is 12.8. The Morgan fingerprint density at radius 1 is 1.35 bits per heavy atom. The Labute approximate surface area is 108 Å². The fourth-order valence-electron chi connectivity index (χ4n) is 1.79. The molecule has 1 atom stereocenters. The molecule has 0 aliphatic heterocycles. The topological polar surface area (TPSA) is 35.5 Å². The van der Waals surface area contributed by atoms with Gasteiger partial charge in [0, 0.05) is 13.2 Å². The van der Waals surface area contributed by atoms with E-state index >= 15 is 0 Å². The van der Waals surface area contributed by atoms with Crippen LogP contribution in [0.4, 0.5) is 0 Å². The molecule has 3 nitrogen and oxygen atoms in total. The Morgan fingerprint density at radius 3 is 2.71 bits per heavy atom. The molecule has 4 heteroatoms. The molecule has 0 saturated heterocycles. The maximum atomic E-state index is 10.9. The molecule has 0 radical (unpaired) electrons. The first-order valence-corrected chi connectivity index (χ1v) is 7.92. The van der Waals surface area contributed by atoms with E-state index in [4.69, 9.17) is 9.16 Å². The second kappa shape index (κ2) is 11.9. The van der Waals surface area contributed by atoms with Crippen molar-refractivity contribution in [3.05, 3.63) is 12.7 Å². The van der Waals surface area contributed by atoms with Gasteiger partial charge in [0.05, 0.1) is 6.61 Å². The maximum Gasteiger partial charge on any atom is 0.330 e. The monoisotopic (exact) mass is 258 g/mol. The fourth-order valence-corrected chi connectivity index (χ4v) is 3.05. The van der Waals surface area contributed by atoms with E-state index in [1.165, 1.54) is 38.2 Å². The number of carbonyl (C=O) groups excluding carboxylic acids is 1. The highest BCUT2D eigenvalue weighted by Crippen LogP contribution is 2.19. The molecule has 0 aliphatic rings. The highest BCUT2D eigenvalue weighted by Gasteiger charge is 2.10. The molecule has 0 N–H and O–H groups in total. The van der Waals surface area contributed by atoms with Crippen molar-refractivity contribution in [2.24, 2.45) is 0 Å². The van der Waals surface area contributed by atoms with Crippen LogP contribution in [0.15, 0.2) is 12.7 Å². The Balaban J connectivity index is 3.65. The molecule has 0 amide bonds. The van der Waals surface area contributed by atoms with E-state index in [9.17, 15) is 4.79 Å². The first-order chi connectivity index (χ1) is 8.24. The zero-order chi connectivity index (χ0) is 12.9.